The number of halogens is 2. The van der Waals surface area contributed by atoms with Gasteiger partial charge in [0.15, 0.2) is 6.61 Å². The predicted octanol–water partition coefficient (Wildman–Crippen LogP) is 1.46. The number of Topliss-reactive ketones (excluding diaryl/α,β-unsaturated/α-hetero) is 1. The number of piperidine rings is 1. The summed E-state index contributed by atoms with van der Waals surface area (Å²) in [6.07, 6.45) is 1.97. The van der Waals surface area contributed by atoms with Crippen molar-refractivity contribution in [2.75, 3.05) is 31.7 Å². The van der Waals surface area contributed by atoms with Gasteiger partial charge in [0.1, 0.15) is 23.0 Å². The highest BCUT2D eigenvalue weighted by molar-refractivity contribution is 7.88. The van der Waals surface area contributed by atoms with E-state index < -0.39 is 45.6 Å². The molecular weight excluding hydrogens is 434 g/mol. The Kier molecular flexibility index (Phi) is 6.41. The first kappa shape index (κ1) is 22.8. The fourth-order valence-electron chi connectivity index (χ4n) is 3.55. The van der Waals surface area contributed by atoms with Gasteiger partial charge in [0.2, 0.25) is 15.8 Å². The third-order valence-electron chi connectivity index (χ3n) is 5.21. The summed E-state index contributed by atoms with van der Waals surface area (Å²) in [5, 5.41) is 4.27. The van der Waals surface area contributed by atoms with E-state index in [2.05, 4.69) is 5.10 Å². The number of ether oxygens (including phenoxy) is 1. The Balaban J connectivity index is 1.76. The van der Waals surface area contributed by atoms with Crippen LogP contribution in [0.3, 0.4) is 0 Å². The molecule has 0 spiro atoms. The smallest absolute Gasteiger partial charge is 0.344 e. The Morgan fingerprint density at radius 2 is 1.77 bits per heavy atom. The Bertz CT molecular complexity index is 1100. The van der Waals surface area contributed by atoms with Crippen molar-refractivity contribution in [3.05, 3.63) is 46.7 Å². The van der Waals surface area contributed by atoms with E-state index in [4.69, 9.17) is 10.5 Å². The van der Waals surface area contributed by atoms with Gasteiger partial charge in [0, 0.05) is 26.1 Å². The molecule has 1 aliphatic rings. The van der Waals surface area contributed by atoms with Crippen LogP contribution in [-0.4, -0.2) is 60.2 Å². The zero-order valence-corrected chi connectivity index (χ0v) is 17.8. The lowest BCUT2D eigenvalue weighted by atomic mass is 9.92. The third-order valence-corrected chi connectivity index (χ3v) is 6.51. The van der Waals surface area contributed by atoms with Gasteiger partial charge in [-0.2, -0.15) is 5.10 Å². The number of carbonyl (C=O) groups excluding carboxylic acids is 2. The van der Waals surface area contributed by atoms with Gasteiger partial charge in [-0.15, -0.1) is 0 Å². The van der Waals surface area contributed by atoms with E-state index in [-0.39, 0.29) is 30.4 Å². The molecule has 1 aromatic heterocycles. The summed E-state index contributed by atoms with van der Waals surface area (Å²) in [5.41, 5.74) is 5.47. The van der Waals surface area contributed by atoms with Gasteiger partial charge >= 0.3 is 5.97 Å². The van der Waals surface area contributed by atoms with E-state index in [1.807, 2.05) is 0 Å². The van der Waals surface area contributed by atoms with Crippen molar-refractivity contribution >= 4 is 27.6 Å². The van der Waals surface area contributed by atoms with Gasteiger partial charge in [0.05, 0.1) is 17.5 Å². The molecule has 31 heavy (non-hydrogen) atoms. The monoisotopic (exact) mass is 456 g/mol. The lowest BCUT2D eigenvalue weighted by molar-refractivity contribution is 0.0471. The zero-order chi connectivity index (χ0) is 22.9. The van der Waals surface area contributed by atoms with Gasteiger partial charge in [-0.3, -0.25) is 9.48 Å². The van der Waals surface area contributed by atoms with E-state index in [0.717, 1.165) is 24.5 Å². The van der Waals surface area contributed by atoms with Gasteiger partial charge < -0.3 is 10.5 Å². The van der Waals surface area contributed by atoms with Gasteiger partial charge in [-0.25, -0.2) is 26.3 Å². The van der Waals surface area contributed by atoms with Crippen molar-refractivity contribution in [1.29, 1.82) is 0 Å². The molecule has 0 amide bonds. The Morgan fingerprint density at radius 3 is 2.32 bits per heavy atom. The summed E-state index contributed by atoms with van der Waals surface area (Å²) in [7, 11) is -1.79. The molecule has 1 aromatic carbocycles. The second-order valence-electron chi connectivity index (χ2n) is 7.30. The molecule has 1 saturated heterocycles. The minimum atomic E-state index is -3.32. The van der Waals surface area contributed by atoms with Crippen LogP contribution in [0.4, 0.5) is 14.6 Å². The van der Waals surface area contributed by atoms with E-state index in [9.17, 15) is 26.8 Å². The molecule has 0 bridgehead atoms. The van der Waals surface area contributed by atoms with Crippen molar-refractivity contribution in [1.82, 2.24) is 14.1 Å². The minimum absolute atomic E-state index is 0.00932. The van der Waals surface area contributed by atoms with E-state index in [1.54, 1.807) is 0 Å². The van der Waals surface area contributed by atoms with Gasteiger partial charge in [-0.05, 0) is 25.0 Å². The SMILES string of the molecule is Cn1nc(C2CCN(S(C)(=O)=O)CC2)c(C(=O)OCC(=O)c2c(F)cccc2F)c1N. The Labute approximate surface area is 177 Å². The minimum Gasteiger partial charge on any atom is -0.454 e. The topological polar surface area (TPSA) is 125 Å². The fraction of sp³-hybridized carbons (Fsp3) is 0.421. The molecule has 0 radical (unpaired) electrons. The number of aromatic nitrogens is 2. The number of benzene rings is 1. The highest BCUT2D eigenvalue weighted by atomic mass is 32.2. The van der Waals surface area contributed by atoms with Crippen molar-refractivity contribution in [2.24, 2.45) is 7.05 Å². The number of rotatable bonds is 6. The summed E-state index contributed by atoms with van der Waals surface area (Å²) in [5.74, 6) is -4.33. The van der Waals surface area contributed by atoms with Crippen LogP contribution in [0.2, 0.25) is 0 Å². The molecule has 168 valence electrons. The summed E-state index contributed by atoms with van der Waals surface area (Å²) in [6.45, 7) is -0.351. The highest BCUT2D eigenvalue weighted by Gasteiger charge is 2.33. The van der Waals surface area contributed by atoms with Crippen LogP contribution in [-0.2, 0) is 21.8 Å². The molecule has 9 nitrogen and oxygen atoms in total. The van der Waals surface area contributed by atoms with Crippen molar-refractivity contribution < 1.29 is 31.5 Å². The van der Waals surface area contributed by atoms with E-state index in [1.165, 1.54) is 16.0 Å². The molecule has 2 aromatic rings. The maximum absolute atomic E-state index is 13.8. The summed E-state index contributed by atoms with van der Waals surface area (Å²) in [6, 6.07) is 2.97. The normalized spacial score (nSPS) is 15.7. The second-order valence-corrected chi connectivity index (χ2v) is 9.28. The highest BCUT2D eigenvalue weighted by Crippen LogP contribution is 2.33. The van der Waals surface area contributed by atoms with E-state index >= 15 is 0 Å². The quantitative estimate of drug-likeness (QED) is 0.515. The van der Waals surface area contributed by atoms with E-state index in [0.29, 0.717) is 18.5 Å². The van der Waals surface area contributed by atoms with Crippen LogP contribution in [0.15, 0.2) is 18.2 Å². The summed E-state index contributed by atoms with van der Waals surface area (Å²) < 4.78 is 58.5. The van der Waals surface area contributed by atoms with Crippen LogP contribution in [0.5, 0.6) is 0 Å². The molecule has 3 rings (SSSR count). The molecule has 1 fully saturated rings. The van der Waals surface area contributed by atoms with Gasteiger partial charge in [0.25, 0.3) is 0 Å². The first-order valence-corrected chi connectivity index (χ1v) is 11.3. The number of nitrogens with two attached hydrogens (primary N) is 1. The van der Waals surface area contributed by atoms with Crippen molar-refractivity contribution in [3.63, 3.8) is 0 Å². The molecule has 2 N–H and O–H groups in total. The Morgan fingerprint density at radius 1 is 1.19 bits per heavy atom. The van der Waals surface area contributed by atoms with Gasteiger partial charge in [-0.1, -0.05) is 6.07 Å². The molecule has 0 aliphatic carbocycles. The van der Waals surface area contributed by atoms with Crippen LogP contribution in [0, 0.1) is 11.6 Å². The molecular formula is C19H22F2N4O5S. The number of hydrogen-bond acceptors (Lipinski definition) is 7. The maximum atomic E-state index is 13.8. The number of carbonyl (C=O) groups is 2. The summed E-state index contributed by atoms with van der Waals surface area (Å²) >= 11 is 0. The molecule has 12 heteroatoms. The first-order valence-electron chi connectivity index (χ1n) is 9.42. The van der Waals surface area contributed by atoms with Crippen LogP contribution in [0.1, 0.15) is 45.2 Å². The molecule has 0 atom stereocenters. The number of esters is 1. The maximum Gasteiger partial charge on any atom is 0.344 e. The molecule has 0 unspecified atom stereocenters. The average molecular weight is 456 g/mol. The average Bonchev–Trinajstić information content (AvgIpc) is 3.00. The summed E-state index contributed by atoms with van der Waals surface area (Å²) in [4.78, 5) is 24.8. The number of hydrogen-bond donors (Lipinski definition) is 1. The number of nitrogens with zero attached hydrogens (tertiary/aromatic N) is 3. The lowest BCUT2D eigenvalue weighted by Crippen LogP contribution is -2.37. The molecule has 2 heterocycles. The second kappa shape index (κ2) is 8.71. The Hall–Kier alpha value is -2.86. The molecule has 0 saturated carbocycles. The predicted molar refractivity (Wildman–Crippen MR) is 107 cm³/mol. The van der Waals surface area contributed by atoms with Crippen molar-refractivity contribution in [3.8, 4) is 0 Å². The number of sulfonamides is 1. The largest absolute Gasteiger partial charge is 0.454 e. The first-order chi connectivity index (χ1) is 14.5. The van der Waals surface area contributed by atoms with Crippen LogP contribution in [0.25, 0.3) is 0 Å². The zero-order valence-electron chi connectivity index (χ0n) is 17.0. The number of anilines is 1. The number of ketones is 1. The van der Waals surface area contributed by atoms with Crippen molar-refractivity contribution in [2.45, 2.75) is 18.8 Å². The third kappa shape index (κ3) is 4.74. The number of aryl methyl sites for hydroxylation is 1. The molecule has 1 aliphatic heterocycles. The fourth-order valence-corrected chi connectivity index (χ4v) is 4.43. The number of nitrogen functional groups attached to an aromatic ring is 1. The van der Waals surface area contributed by atoms with Crippen LogP contribution >= 0.6 is 0 Å². The lowest BCUT2D eigenvalue weighted by Gasteiger charge is -2.29. The standard InChI is InChI=1S/C19H22F2N4O5S/c1-24-18(22)16(17(23-24)11-6-8-25(9-7-11)31(2,28)29)19(27)30-10-14(26)15-12(20)4-3-5-13(15)21/h3-5,11H,6-10,22H2,1-2H3. The van der Waals surface area contributed by atoms with Crippen LogP contribution < -0.4 is 5.73 Å².